The zero-order valence-electron chi connectivity index (χ0n) is 14.5. The smallest absolute Gasteiger partial charge is 0.308 e. The molecule has 0 spiro atoms. The van der Waals surface area contributed by atoms with Crippen molar-refractivity contribution < 1.29 is 14.7 Å². The summed E-state index contributed by atoms with van der Waals surface area (Å²) in [6.07, 6.45) is 0.648. The van der Waals surface area contributed by atoms with E-state index in [2.05, 4.69) is 0 Å². The van der Waals surface area contributed by atoms with Gasteiger partial charge in [-0.25, -0.2) is 0 Å². The standard InChI is InChI=1S/C20H19Cl2NO3S/c21-15-6-7-17(22)18(9-15)27-12-19(24)23-10-14(16(11-23)20(25)26)8-13-4-2-1-3-5-13/h1-7,9,14,16H,8,10-12H2,(H,25,26)/t14-,16-/m1/s1. The Morgan fingerprint density at radius 1 is 1.11 bits per heavy atom. The molecule has 1 aliphatic rings. The maximum absolute atomic E-state index is 12.6. The second-order valence-corrected chi connectivity index (χ2v) is 8.42. The summed E-state index contributed by atoms with van der Waals surface area (Å²) in [4.78, 5) is 26.7. The molecule has 1 fully saturated rings. The molecule has 1 N–H and O–H groups in total. The lowest BCUT2D eigenvalue weighted by Gasteiger charge is -2.16. The molecule has 2 atom stereocenters. The number of hydrogen-bond acceptors (Lipinski definition) is 3. The Hall–Kier alpha value is -1.69. The molecule has 4 nitrogen and oxygen atoms in total. The van der Waals surface area contributed by atoms with Crippen molar-refractivity contribution >= 4 is 46.8 Å². The van der Waals surface area contributed by atoms with Crippen molar-refractivity contribution in [1.29, 1.82) is 0 Å². The van der Waals surface area contributed by atoms with Crippen molar-refractivity contribution in [1.82, 2.24) is 4.90 Å². The van der Waals surface area contributed by atoms with E-state index in [9.17, 15) is 14.7 Å². The summed E-state index contributed by atoms with van der Waals surface area (Å²) < 4.78 is 0. The molecule has 0 saturated carbocycles. The summed E-state index contributed by atoms with van der Waals surface area (Å²) in [6, 6.07) is 14.9. The highest BCUT2D eigenvalue weighted by Crippen LogP contribution is 2.32. The molecule has 0 bridgehead atoms. The number of likely N-dealkylation sites (tertiary alicyclic amines) is 1. The molecular formula is C20H19Cl2NO3S. The highest BCUT2D eigenvalue weighted by Gasteiger charge is 2.39. The molecule has 1 amide bonds. The van der Waals surface area contributed by atoms with Gasteiger partial charge in [-0.05, 0) is 36.1 Å². The molecule has 142 valence electrons. The molecular weight excluding hydrogens is 405 g/mol. The van der Waals surface area contributed by atoms with Crippen LogP contribution in [0.4, 0.5) is 0 Å². The fourth-order valence-corrected chi connectivity index (χ4v) is 4.69. The zero-order chi connectivity index (χ0) is 19.4. The maximum atomic E-state index is 12.6. The van der Waals surface area contributed by atoms with Gasteiger partial charge >= 0.3 is 5.97 Å². The van der Waals surface area contributed by atoms with Crippen LogP contribution in [0.5, 0.6) is 0 Å². The van der Waals surface area contributed by atoms with Gasteiger partial charge in [0.05, 0.1) is 16.7 Å². The number of carboxylic acids is 1. The van der Waals surface area contributed by atoms with E-state index in [-0.39, 0.29) is 24.1 Å². The van der Waals surface area contributed by atoms with Crippen LogP contribution >= 0.6 is 35.0 Å². The average Bonchev–Trinajstić information content (AvgIpc) is 3.07. The largest absolute Gasteiger partial charge is 0.481 e. The fourth-order valence-electron chi connectivity index (χ4n) is 3.30. The Kier molecular flexibility index (Phi) is 6.68. The fraction of sp³-hybridized carbons (Fsp3) is 0.300. The van der Waals surface area contributed by atoms with E-state index in [1.54, 1.807) is 23.1 Å². The van der Waals surface area contributed by atoms with Crippen LogP contribution in [-0.2, 0) is 16.0 Å². The van der Waals surface area contributed by atoms with Crippen molar-refractivity contribution in [2.75, 3.05) is 18.8 Å². The Balaban J connectivity index is 1.63. The Labute approximate surface area is 172 Å². The summed E-state index contributed by atoms with van der Waals surface area (Å²) in [6.45, 7) is 0.698. The van der Waals surface area contributed by atoms with E-state index in [0.717, 1.165) is 10.5 Å². The third-order valence-electron chi connectivity index (χ3n) is 4.70. The molecule has 7 heteroatoms. The van der Waals surface area contributed by atoms with Crippen molar-refractivity contribution in [2.45, 2.75) is 11.3 Å². The summed E-state index contributed by atoms with van der Waals surface area (Å²) in [5, 5.41) is 10.7. The minimum absolute atomic E-state index is 0.0853. The first-order chi connectivity index (χ1) is 12.9. The van der Waals surface area contributed by atoms with E-state index in [1.165, 1.54) is 11.8 Å². The van der Waals surface area contributed by atoms with E-state index in [4.69, 9.17) is 23.2 Å². The van der Waals surface area contributed by atoms with Crippen LogP contribution in [0.25, 0.3) is 0 Å². The maximum Gasteiger partial charge on any atom is 0.308 e. The Morgan fingerprint density at radius 3 is 2.56 bits per heavy atom. The molecule has 1 aliphatic heterocycles. The molecule has 27 heavy (non-hydrogen) atoms. The van der Waals surface area contributed by atoms with Crippen LogP contribution in [0.15, 0.2) is 53.4 Å². The number of carbonyl (C=O) groups is 2. The highest BCUT2D eigenvalue weighted by molar-refractivity contribution is 8.00. The van der Waals surface area contributed by atoms with E-state index >= 15 is 0 Å². The van der Waals surface area contributed by atoms with E-state index in [0.29, 0.717) is 23.0 Å². The summed E-state index contributed by atoms with van der Waals surface area (Å²) >= 11 is 13.4. The van der Waals surface area contributed by atoms with Gasteiger partial charge in [-0.3, -0.25) is 9.59 Å². The number of carbonyl (C=O) groups excluding carboxylic acids is 1. The number of aliphatic carboxylic acids is 1. The quantitative estimate of drug-likeness (QED) is 0.695. The molecule has 0 radical (unpaired) electrons. The number of rotatable bonds is 6. The van der Waals surface area contributed by atoms with Crippen LogP contribution in [0.2, 0.25) is 10.0 Å². The van der Waals surface area contributed by atoms with Crippen LogP contribution in [-0.4, -0.2) is 40.7 Å². The first-order valence-electron chi connectivity index (χ1n) is 8.56. The average molecular weight is 424 g/mol. The van der Waals surface area contributed by atoms with Crippen LogP contribution in [0.1, 0.15) is 5.56 Å². The van der Waals surface area contributed by atoms with Gasteiger partial charge in [0, 0.05) is 23.0 Å². The summed E-state index contributed by atoms with van der Waals surface area (Å²) in [5.74, 6) is -1.37. The molecule has 2 aromatic carbocycles. The van der Waals surface area contributed by atoms with Crippen molar-refractivity contribution in [3.63, 3.8) is 0 Å². The van der Waals surface area contributed by atoms with Crippen molar-refractivity contribution in [3.05, 3.63) is 64.1 Å². The monoisotopic (exact) mass is 423 g/mol. The molecule has 3 rings (SSSR count). The topological polar surface area (TPSA) is 57.6 Å². The third kappa shape index (κ3) is 5.18. The number of hydrogen-bond donors (Lipinski definition) is 1. The molecule has 1 saturated heterocycles. The van der Waals surface area contributed by atoms with Gasteiger partial charge in [0.1, 0.15) is 0 Å². The molecule has 2 aromatic rings. The zero-order valence-corrected chi connectivity index (χ0v) is 16.8. The van der Waals surface area contributed by atoms with Crippen molar-refractivity contribution in [2.24, 2.45) is 11.8 Å². The lowest BCUT2D eigenvalue weighted by Crippen LogP contribution is -2.31. The van der Waals surface area contributed by atoms with Gasteiger partial charge in [0.15, 0.2) is 0 Å². The Bertz CT molecular complexity index is 831. The molecule has 0 aromatic heterocycles. The number of halogens is 2. The first kappa shape index (κ1) is 20.1. The van der Waals surface area contributed by atoms with Gasteiger partial charge in [0.2, 0.25) is 5.91 Å². The first-order valence-corrected chi connectivity index (χ1v) is 10.3. The van der Waals surface area contributed by atoms with Crippen LogP contribution in [0.3, 0.4) is 0 Å². The normalized spacial score (nSPS) is 19.3. The third-order valence-corrected chi connectivity index (χ3v) is 6.41. The lowest BCUT2D eigenvalue weighted by molar-refractivity contribution is -0.142. The number of thioether (sulfide) groups is 1. The molecule has 1 heterocycles. The van der Waals surface area contributed by atoms with Gasteiger partial charge in [-0.1, -0.05) is 53.5 Å². The number of amides is 1. The number of carboxylic acid groups (broad SMARTS) is 1. The van der Waals surface area contributed by atoms with Gasteiger partial charge < -0.3 is 10.0 Å². The van der Waals surface area contributed by atoms with Gasteiger partial charge in [-0.2, -0.15) is 0 Å². The summed E-state index contributed by atoms with van der Waals surface area (Å²) in [5.41, 5.74) is 1.09. The number of benzene rings is 2. The second kappa shape index (κ2) is 9.00. The second-order valence-electron chi connectivity index (χ2n) is 6.56. The highest BCUT2D eigenvalue weighted by atomic mass is 35.5. The van der Waals surface area contributed by atoms with Crippen molar-refractivity contribution in [3.8, 4) is 0 Å². The SMILES string of the molecule is O=C(O)[C@@H]1CN(C(=O)CSc2cc(Cl)ccc2Cl)C[C@H]1Cc1ccccc1. The predicted octanol–water partition coefficient (Wildman–Crippen LogP) is 4.49. The van der Waals surface area contributed by atoms with Crippen LogP contribution < -0.4 is 0 Å². The molecule has 0 unspecified atom stereocenters. The van der Waals surface area contributed by atoms with Crippen LogP contribution in [0, 0.1) is 11.8 Å². The minimum Gasteiger partial charge on any atom is -0.481 e. The van der Waals surface area contributed by atoms with Gasteiger partial charge in [0.25, 0.3) is 0 Å². The Morgan fingerprint density at radius 2 is 1.85 bits per heavy atom. The number of nitrogens with zero attached hydrogens (tertiary/aromatic N) is 1. The minimum atomic E-state index is -0.850. The molecule has 0 aliphatic carbocycles. The lowest BCUT2D eigenvalue weighted by atomic mass is 9.90. The van der Waals surface area contributed by atoms with E-state index < -0.39 is 11.9 Å². The van der Waals surface area contributed by atoms with E-state index in [1.807, 2.05) is 30.3 Å². The summed E-state index contributed by atoms with van der Waals surface area (Å²) in [7, 11) is 0. The predicted molar refractivity (Wildman–Crippen MR) is 109 cm³/mol. The van der Waals surface area contributed by atoms with Gasteiger partial charge in [-0.15, -0.1) is 11.8 Å².